The zero-order valence-corrected chi connectivity index (χ0v) is 12.5. The second-order valence-electron chi connectivity index (χ2n) is 5.67. The van der Waals surface area contributed by atoms with Crippen LogP contribution in [0.5, 0.6) is 0 Å². The normalized spacial score (nSPS) is 13.9. The molecule has 1 aromatic heterocycles. The molecule has 22 heavy (non-hydrogen) atoms. The molecule has 6 heteroatoms. The van der Waals surface area contributed by atoms with E-state index in [2.05, 4.69) is 10.4 Å². The summed E-state index contributed by atoms with van der Waals surface area (Å²) < 4.78 is 14.7. The maximum atomic E-state index is 13.0. The molecule has 5 nitrogen and oxygen atoms in total. The SMILES string of the molecule is Cn1cc(CNC(=O)N(Cc2ccc(F)cc2)C2CC2)cn1. The van der Waals surface area contributed by atoms with Crippen molar-refractivity contribution in [2.45, 2.75) is 32.0 Å². The molecule has 0 bridgehead atoms. The highest BCUT2D eigenvalue weighted by Gasteiger charge is 2.32. The Morgan fingerprint density at radius 2 is 2.09 bits per heavy atom. The van der Waals surface area contributed by atoms with Gasteiger partial charge in [0.05, 0.1) is 6.20 Å². The van der Waals surface area contributed by atoms with Crippen LogP contribution in [0.3, 0.4) is 0 Å². The Labute approximate surface area is 128 Å². The molecule has 0 unspecified atom stereocenters. The van der Waals surface area contributed by atoms with Crippen LogP contribution in [0.25, 0.3) is 0 Å². The van der Waals surface area contributed by atoms with Crippen LogP contribution in [0.2, 0.25) is 0 Å². The molecule has 0 radical (unpaired) electrons. The van der Waals surface area contributed by atoms with Gasteiger partial charge in [0.2, 0.25) is 0 Å². The van der Waals surface area contributed by atoms with Crippen LogP contribution < -0.4 is 5.32 Å². The number of carbonyl (C=O) groups is 1. The summed E-state index contributed by atoms with van der Waals surface area (Å²) in [6.45, 7) is 0.961. The lowest BCUT2D eigenvalue weighted by atomic mass is 10.2. The van der Waals surface area contributed by atoms with Crippen molar-refractivity contribution in [2.24, 2.45) is 7.05 Å². The summed E-state index contributed by atoms with van der Waals surface area (Å²) in [6, 6.07) is 6.50. The number of carbonyl (C=O) groups excluding carboxylic acids is 1. The molecule has 1 saturated carbocycles. The lowest BCUT2D eigenvalue weighted by Crippen LogP contribution is -2.40. The molecule has 0 saturated heterocycles. The molecule has 116 valence electrons. The van der Waals surface area contributed by atoms with Crippen molar-refractivity contribution in [3.05, 3.63) is 53.6 Å². The Hall–Kier alpha value is -2.37. The number of halogens is 1. The molecule has 2 amide bonds. The van der Waals surface area contributed by atoms with Gasteiger partial charge in [-0.2, -0.15) is 5.10 Å². The summed E-state index contributed by atoms with van der Waals surface area (Å²) in [6.07, 6.45) is 5.67. The van der Waals surface area contributed by atoms with Gasteiger partial charge in [-0.1, -0.05) is 12.1 Å². The number of urea groups is 1. The number of aryl methyl sites for hydroxylation is 1. The minimum Gasteiger partial charge on any atom is -0.334 e. The lowest BCUT2D eigenvalue weighted by molar-refractivity contribution is 0.191. The summed E-state index contributed by atoms with van der Waals surface area (Å²) in [5, 5.41) is 7.00. The van der Waals surface area contributed by atoms with Gasteiger partial charge in [-0.05, 0) is 30.5 Å². The van der Waals surface area contributed by atoms with E-state index in [1.807, 2.05) is 18.1 Å². The predicted octanol–water partition coefficient (Wildman–Crippen LogP) is 2.43. The van der Waals surface area contributed by atoms with Gasteiger partial charge >= 0.3 is 6.03 Å². The molecule has 1 heterocycles. The fourth-order valence-corrected chi connectivity index (χ4v) is 2.38. The van der Waals surface area contributed by atoms with Crippen LogP contribution in [0.4, 0.5) is 9.18 Å². The molecule has 1 N–H and O–H groups in total. The van der Waals surface area contributed by atoms with E-state index in [-0.39, 0.29) is 11.8 Å². The van der Waals surface area contributed by atoms with E-state index in [1.54, 1.807) is 23.0 Å². The van der Waals surface area contributed by atoms with Gasteiger partial charge in [0, 0.05) is 37.9 Å². The average molecular weight is 302 g/mol. The molecule has 2 aromatic rings. The topological polar surface area (TPSA) is 50.2 Å². The average Bonchev–Trinajstić information content (AvgIpc) is 3.26. The van der Waals surface area contributed by atoms with Crippen LogP contribution in [-0.2, 0) is 20.1 Å². The van der Waals surface area contributed by atoms with E-state index in [9.17, 15) is 9.18 Å². The fourth-order valence-electron chi connectivity index (χ4n) is 2.38. The third-order valence-corrected chi connectivity index (χ3v) is 3.72. The standard InChI is InChI=1S/C16H19FN4O/c1-20-10-13(9-19-20)8-18-16(22)21(15-6-7-15)11-12-2-4-14(17)5-3-12/h2-5,9-10,15H,6-8,11H2,1H3,(H,18,22). The van der Waals surface area contributed by atoms with Crippen LogP contribution in [0.1, 0.15) is 24.0 Å². The summed E-state index contributed by atoms with van der Waals surface area (Å²) in [5.41, 5.74) is 1.90. The second-order valence-corrected chi connectivity index (χ2v) is 5.67. The molecule has 0 atom stereocenters. The smallest absolute Gasteiger partial charge is 0.318 e. The van der Waals surface area contributed by atoms with Crippen molar-refractivity contribution in [1.29, 1.82) is 0 Å². The molecule has 3 rings (SSSR count). The van der Waals surface area contributed by atoms with Gasteiger partial charge in [-0.3, -0.25) is 4.68 Å². The van der Waals surface area contributed by atoms with E-state index in [1.165, 1.54) is 12.1 Å². The first-order valence-corrected chi connectivity index (χ1v) is 7.38. The maximum absolute atomic E-state index is 13.0. The molecule has 1 aliphatic carbocycles. The minimum absolute atomic E-state index is 0.0873. The number of hydrogen-bond donors (Lipinski definition) is 1. The van der Waals surface area contributed by atoms with Crippen molar-refractivity contribution in [3.8, 4) is 0 Å². The number of nitrogens with one attached hydrogen (secondary N) is 1. The van der Waals surface area contributed by atoms with Crippen molar-refractivity contribution >= 4 is 6.03 Å². The molecule has 1 aliphatic rings. The second kappa shape index (κ2) is 6.17. The Bertz CT molecular complexity index is 648. The molecular weight excluding hydrogens is 283 g/mol. The maximum Gasteiger partial charge on any atom is 0.318 e. The van der Waals surface area contributed by atoms with Crippen LogP contribution >= 0.6 is 0 Å². The Balaban J connectivity index is 1.60. The van der Waals surface area contributed by atoms with E-state index in [0.717, 1.165) is 24.0 Å². The summed E-state index contributed by atoms with van der Waals surface area (Å²) >= 11 is 0. The quantitative estimate of drug-likeness (QED) is 0.922. The predicted molar refractivity (Wildman–Crippen MR) is 80.4 cm³/mol. The Morgan fingerprint density at radius 1 is 1.36 bits per heavy atom. The zero-order valence-electron chi connectivity index (χ0n) is 12.5. The first-order valence-electron chi connectivity index (χ1n) is 7.38. The van der Waals surface area contributed by atoms with E-state index >= 15 is 0 Å². The van der Waals surface area contributed by atoms with Crippen molar-refractivity contribution < 1.29 is 9.18 Å². The monoisotopic (exact) mass is 302 g/mol. The highest BCUT2D eigenvalue weighted by Crippen LogP contribution is 2.28. The summed E-state index contributed by atoms with van der Waals surface area (Å²) in [7, 11) is 1.84. The number of rotatable bonds is 5. The number of benzene rings is 1. The Kier molecular flexibility index (Phi) is 4.09. The Morgan fingerprint density at radius 3 is 2.68 bits per heavy atom. The number of amides is 2. The van der Waals surface area contributed by atoms with E-state index in [0.29, 0.717) is 19.1 Å². The van der Waals surface area contributed by atoms with E-state index < -0.39 is 0 Å². The summed E-state index contributed by atoms with van der Waals surface area (Å²) in [5.74, 6) is -0.261. The highest BCUT2D eigenvalue weighted by molar-refractivity contribution is 5.74. The first-order chi connectivity index (χ1) is 10.6. The van der Waals surface area contributed by atoms with Crippen LogP contribution in [0.15, 0.2) is 36.7 Å². The fraction of sp³-hybridized carbons (Fsp3) is 0.375. The van der Waals surface area contributed by atoms with Gasteiger partial charge in [-0.15, -0.1) is 0 Å². The molecular formula is C16H19FN4O. The lowest BCUT2D eigenvalue weighted by Gasteiger charge is -2.23. The summed E-state index contributed by atoms with van der Waals surface area (Å²) in [4.78, 5) is 14.2. The first kappa shape index (κ1) is 14.6. The third kappa shape index (κ3) is 3.63. The van der Waals surface area contributed by atoms with Crippen molar-refractivity contribution in [2.75, 3.05) is 0 Å². The third-order valence-electron chi connectivity index (χ3n) is 3.72. The van der Waals surface area contributed by atoms with Gasteiger partial charge in [0.25, 0.3) is 0 Å². The van der Waals surface area contributed by atoms with Crippen molar-refractivity contribution in [3.63, 3.8) is 0 Å². The van der Waals surface area contributed by atoms with Crippen LogP contribution in [0, 0.1) is 5.82 Å². The van der Waals surface area contributed by atoms with Crippen LogP contribution in [-0.4, -0.2) is 26.8 Å². The van der Waals surface area contributed by atoms with Gasteiger partial charge in [0.15, 0.2) is 0 Å². The highest BCUT2D eigenvalue weighted by atomic mass is 19.1. The molecule has 1 aromatic carbocycles. The number of nitrogens with zero attached hydrogens (tertiary/aromatic N) is 3. The molecule has 0 aliphatic heterocycles. The largest absolute Gasteiger partial charge is 0.334 e. The van der Waals surface area contributed by atoms with E-state index in [4.69, 9.17) is 0 Å². The molecule has 1 fully saturated rings. The van der Waals surface area contributed by atoms with Gasteiger partial charge in [0.1, 0.15) is 5.82 Å². The zero-order chi connectivity index (χ0) is 15.5. The molecule has 0 spiro atoms. The number of aromatic nitrogens is 2. The minimum atomic E-state index is -0.261. The number of hydrogen-bond acceptors (Lipinski definition) is 2. The van der Waals surface area contributed by atoms with Crippen molar-refractivity contribution in [1.82, 2.24) is 20.0 Å². The van der Waals surface area contributed by atoms with Gasteiger partial charge in [-0.25, -0.2) is 9.18 Å². The van der Waals surface area contributed by atoms with Gasteiger partial charge < -0.3 is 10.2 Å².